The number of nitrogens with two attached hydrogens (primary N) is 1. The van der Waals surface area contributed by atoms with E-state index in [-0.39, 0.29) is 22.1 Å². The van der Waals surface area contributed by atoms with Gasteiger partial charge in [0.1, 0.15) is 5.82 Å². The fourth-order valence-corrected chi connectivity index (χ4v) is 1.81. The Bertz CT molecular complexity index is 641. The fourth-order valence-electron chi connectivity index (χ4n) is 1.64. The zero-order valence-electron chi connectivity index (χ0n) is 9.93. The number of rotatable bonds is 2. The smallest absolute Gasteiger partial charge is 0.399 e. The van der Waals surface area contributed by atoms with E-state index in [2.05, 4.69) is 5.32 Å². The summed E-state index contributed by atoms with van der Waals surface area (Å²) in [7, 11) is 0. The third-order valence-corrected chi connectivity index (χ3v) is 2.78. The second-order valence-corrected chi connectivity index (χ2v) is 4.49. The van der Waals surface area contributed by atoms with Gasteiger partial charge in [0, 0.05) is 10.7 Å². The molecule has 0 saturated carbocycles. The molecular formula is C13H9ClF4N2. The molecule has 0 saturated heterocycles. The minimum atomic E-state index is -4.60. The summed E-state index contributed by atoms with van der Waals surface area (Å²) in [6.45, 7) is 0. The van der Waals surface area contributed by atoms with Crippen molar-refractivity contribution >= 4 is 28.7 Å². The van der Waals surface area contributed by atoms with Gasteiger partial charge < -0.3 is 11.1 Å². The Morgan fingerprint density at radius 2 is 1.65 bits per heavy atom. The number of hydrogen-bond acceptors (Lipinski definition) is 2. The molecule has 0 fully saturated rings. The summed E-state index contributed by atoms with van der Waals surface area (Å²) < 4.78 is 52.2. The topological polar surface area (TPSA) is 38.0 Å². The minimum Gasteiger partial charge on any atom is -0.399 e. The highest BCUT2D eigenvalue weighted by Gasteiger charge is 2.34. The summed E-state index contributed by atoms with van der Waals surface area (Å²) in [6.07, 6.45) is -4.60. The largest absolute Gasteiger partial charge is 0.418 e. The molecular weight excluding hydrogens is 296 g/mol. The third-order valence-electron chi connectivity index (χ3n) is 2.55. The molecule has 3 N–H and O–H groups in total. The second kappa shape index (κ2) is 5.20. The molecule has 7 heteroatoms. The molecule has 2 rings (SSSR count). The fraction of sp³-hybridized carbons (Fsp3) is 0.0769. The molecule has 2 aromatic carbocycles. The van der Waals surface area contributed by atoms with Crippen molar-refractivity contribution in [2.45, 2.75) is 6.18 Å². The summed E-state index contributed by atoms with van der Waals surface area (Å²) >= 11 is 5.56. The van der Waals surface area contributed by atoms with Crippen LogP contribution in [0.25, 0.3) is 0 Å². The molecule has 0 aliphatic heterocycles. The Morgan fingerprint density at radius 1 is 1.00 bits per heavy atom. The summed E-state index contributed by atoms with van der Waals surface area (Å²) in [5, 5.41) is 2.34. The first kappa shape index (κ1) is 14.5. The average Bonchev–Trinajstić information content (AvgIpc) is 2.33. The van der Waals surface area contributed by atoms with Gasteiger partial charge >= 0.3 is 6.18 Å². The Hall–Kier alpha value is -1.95. The van der Waals surface area contributed by atoms with E-state index >= 15 is 0 Å². The molecule has 0 unspecified atom stereocenters. The van der Waals surface area contributed by atoms with Crippen molar-refractivity contribution in [3.8, 4) is 0 Å². The van der Waals surface area contributed by atoms with E-state index < -0.39 is 17.6 Å². The quantitative estimate of drug-likeness (QED) is 0.616. The van der Waals surface area contributed by atoms with Crippen LogP contribution < -0.4 is 11.1 Å². The first-order valence-electron chi connectivity index (χ1n) is 5.46. The van der Waals surface area contributed by atoms with E-state index in [0.29, 0.717) is 0 Å². The van der Waals surface area contributed by atoms with Gasteiger partial charge in [-0.3, -0.25) is 0 Å². The van der Waals surface area contributed by atoms with Crippen molar-refractivity contribution in [3.63, 3.8) is 0 Å². The molecule has 0 amide bonds. The Kier molecular flexibility index (Phi) is 3.76. The van der Waals surface area contributed by atoms with Crippen molar-refractivity contribution in [2.75, 3.05) is 11.1 Å². The lowest BCUT2D eigenvalue weighted by molar-refractivity contribution is -0.136. The SMILES string of the molecule is Nc1ccc(Nc2ccc(Cl)cc2C(F)(F)F)c(F)c1. The Balaban J connectivity index is 2.43. The van der Waals surface area contributed by atoms with E-state index in [9.17, 15) is 17.6 Å². The number of benzene rings is 2. The van der Waals surface area contributed by atoms with Crippen molar-refractivity contribution in [3.05, 3.63) is 52.8 Å². The summed E-state index contributed by atoms with van der Waals surface area (Å²) in [5.41, 5.74) is 4.19. The van der Waals surface area contributed by atoms with Crippen LogP contribution in [0.1, 0.15) is 5.56 Å². The first-order valence-corrected chi connectivity index (χ1v) is 5.84. The van der Waals surface area contributed by atoms with Crippen LogP contribution in [-0.2, 0) is 6.18 Å². The van der Waals surface area contributed by atoms with E-state index in [1.165, 1.54) is 18.2 Å². The number of nitrogens with one attached hydrogen (secondary N) is 1. The van der Waals surface area contributed by atoms with E-state index in [1.54, 1.807) is 0 Å². The molecule has 0 bridgehead atoms. The zero-order chi connectivity index (χ0) is 14.9. The number of nitrogen functional groups attached to an aromatic ring is 1. The van der Waals surface area contributed by atoms with Crippen molar-refractivity contribution in [2.24, 2.45) is 0 Å². The van der Waals surface area contributed by atoms with Gasteiger partial charge in [0.25, 0.3) is 0 Å². The lowest BCUT2D eigenvalue weighted by atomic mass is 10.1. The van der Waals surface area contributed by atoms with Gasteiger partial charge in [0.15, 0.2) is 0 Å². The summed E-state index contributed by atoms with van der Waals surface area (Å²) in [6, 6.07) is 6.87. The number of halogens is 5. The Morgan fingerprint density at radius 3 is 2.25 bits per heavy atom. The maximum atomic E-state index is 13.6. The lowest BCUT2D eigenvalue weighted by Crippen LogP contribution is -2.09. The van der Waals surface area contributed by atoms with Crippen LogP contribution in [0.4, 0.5) is 34.6 Å². The molecule has 2 aromatic rings. The zero-order valence-corrected chi connectivity index (χ0v) is 10.7. The van der Waals surface area contributed by atoms with Crippen LogP contribution in [0.15, 0.2) is 36.4 Å². The van der Waals surface area contributed by atoms with Crippen LogP contribution in [0.5, 0.6) is 0 Å². The summed E-state index contributed by atoms with van der Waals surface area (Å²) in [5.74, 6) is -0.743. The predicted octanol–water partition coefficient (Wildman–Crippen LogP) is 4.82. The van der Waals surface area contributed by atoms with Gasteiger partial charge in [-0.15, -0.1) is 0 Å². The molecule has 20 heavy (non-hydrogen) atoms. The Labute approximate surface area is 117 Å². The molecule has 0 aliphatic rings. The predicted molar refractivity (Wildman–Crippen MR) is 70.5 cm³/mol. The van der Waals surface area contributed by atoms with Crippen LogP contribution in [0.3, 0.4) is 0 Å². The van der Waals surface area contributed by atoms with Crippen molar-refractivity contribution < 1.29 is 17.6 Å². The molecule has 2 nitrogen and oxygen atoms in total. The van der Waals surface area contributed by atoms with E-state index in [0.717, 1.165) is 18.2 Å². The molecule has 0 aliphatic carbocycles. The molecule has 0 aromatic heterocycles. The van der Waals surface area contributed by atoms with Crippen LogP contribution >= 0.6 is 11.6 Å². The standard InChI is InChI=1S/C13H9ClF4N2/c14-7-1-3-11(9(5-7)13(16,17)18)20-12-4-2-8(19)6-10(12)15/h1-6,20H,19H2. The highest BCUT2D eigenvalue weighted by molar-refractivity contribution is 6.30. The van der Waals surface area contributed by atoms with Gasteiger partial charge in [0.2, 0.25) is 0 Å². The van der Waals surface area contributed by atoms with E-state index in [4.69, 9.17) is 17.3 Å². The molecule has 106 valence electrons. The van der Waals surface area contributed by atoms with Crippen LogP contribution in [0.2, 0.25) is 5.02 Å². The monoisotopic (exact) mass is 304 g/mol. The van der Waals surface area contributed by atoms with Gasteiger partial charge in [-0.25, -0.2) is 4.39 Å². The van der Waals surface area contributed by atoms with Crippen molar-refractivity contribution in [1.29, 1.82) is 0 Å². The normalized spacial score (nSPS) is 11.4. The number of hydrogen-bond donors (Lipinski definition) is 2. The first-order chi connectivity index (χ1) is 9.27. The number of alkyl halides is 3. The number of anilines is 3. The van der Waals surface area contributed by atoms with Crippen molar-refractivity contribution in [1.82, 2.24) is 0 Å². The highest BCUT2D eigenvalue weighted by atomic mass is 35.5. The molecule has 0 radical (unpaired) electrons. The maximum absolute atomic E-state index is 13.6. The maximum Gasteiger partial charge on any atom is 0.418 e. The van der Waals surface area contributed by atoms with Gasteiger partial charge in [-0.2, -0.15) is 13.2 Å². The molecule has 0 atom stereocenters. The average molecular weight is 305 g/mol. The molecule has 0 heterocycles. The highest BCUT2D eigenvalue weighted by Crippen LogP contribution is 2.38. The van der Waals surface area contributed by atoms with Gasteiger partial charge in [-0.1, -0.05) is 11.6 Å². The minimum absolute atomic E-state index is 0.0550. The second-order valence-electron chi connectivity index (χ2n) is 4.05. The van der Waals surface area contributed by atoms with Gasteiger partial charge in [0.05, 0.1) is 16.9 Å². The van der Waals surface area contributed by atoms with E-state index in [1.807, 2.05) is 0 Å². The third kappa shape index (κ3) is 3.14. The van der Waals surface area contributed by atoms with Gasteiger partial charge in [-0.05, 0) is 36.4 Å². The lowest BCUT2D eigenvalue weighted by Gasteiger charge is -2.15. The van der Waals surface area contributed by atoms with Crippen LogP contribution in [-0.4, -0.2) is 0 Å². The molecule has 0 spiro atoms. The summed E-state index contributed by atoms with van der Waals surface area (Å²) in [4.78, 5) is 0. The van der Waals surface area contributed by atoms with Crippen LogP contribution in [0, 0.1) is 5.82 Å².